The molecule has 2 fully saturated rings. The molecule has 0 unspecified atom stereocenters. The van der Waals surface area contributed by atoms with Crippen molar-refractivity contribution in [3.8, 4) is 0 Å². The van der Waals surface area contributed by atoms with Crippen molar-refractivity contribution in [2.45, 2.75) is 96.8 Å². The number of nitrogens with one attached hydrogen (secondary N) is 1. The minimum atomic E-state index is 0.712. The molecule has 0 amide bonds. The number of aryl methyl sites for hydroxylation is 2. The van der Waals surface area contributed by atoms with E-state index in [1.165, 1.54) is 81.0 Å². The molecular weight excluding hydrogens is 304 g/mol. The molecule has 0 heterocycles. The lowest BCUT2D eigenvalue weighted by molar-refractivity contribution is 0.203. The predicted octanol–water partition coefficient (Wildman–Crippen LogP) is 6.34. The van der Waals surface area contributed by atoms with Crippen molar-refractivity contribution in [1.82, 2.24) is 0 Å². The lowest BCUT2D eigenvalue weighted by Crippen LogP contribution is -2.27. The molecule has 0 saturated heterocycles. The highest BCUT2D eigenvalue weighted by Gasteiger charge is 2.34. The Morgan fingerprint density at radius 1 is 0.880 bits per heavy atom. The van der Waals surface area contributed by atoms with Crippen LogP contribution in [0.5, 0.6) is 0 Å². The summed E-state index contributed by atoms with van der Waals surface area (Å²) in [6, 6.07) is 4.87. The molecule has 25 heavy (non-hydrogen) atoms. The van der Waals surface area contributed by atoms with E-state index in [0.29, 0.717) is 5.92 Å². The van der Waals surface area contributed by atoms with Crippen molar-refractivity contribution in [1.29, 1.82) is 0 Å². The van der Waals surface area contributed by atoms with Crippen molar-refractivity contribution in [2.75, 3.05) is 5.43 Å². The minimum Gasteiger partial charge on any atom is -0.324 e. The van der Waals surface area contributed by atoms with Gasteiger partial charge in [-0.2, -0.15) is 0 Å². The van der Waals surface area contributed by atoms with E-state index in [9.17, 15) is 0 Å². The maximum absolute atomic E-state index is 6.07. The minimum absolute atomic E-state index is 0.712. The second-order valence-corrected chi connectivity index (χ2v) is 8.39. The van der Waals surface area contributed by atoms with Crippen molar-refractivity contribution in [3.05, 3.63) is 28.8 Å². The molecule has 0 aromatic heterocycles. The number of nitrogens with two attached hydrogens (primary N) is 1. The van der Waals surface area contributed by atoms with Crippen LogP contribution in [0.4, 0.5) is 5.69 Å². The number of hydrogen-bond acceptors (Lipinski definition) is 2. The number of anilines is 1. The van der Waals surface area contributed by atoms with Gasteiger partial charge in [-0.1, -0.05) is 64.5 Å². The van der Waals surface area contributed by atoms with E-state index in [0.717, 1.165) is 24.7 Å². The van der Waals surface area contributed by atoms with Gasteiger partial charge < -0.3 is 5.43 Å². The van der Waals surface area contributed by atoms with E-state index in [-0.39, 0.29) is 0 Å². The summed E-state index contributed by atoms with van der Waals surface area (Å²) in [5.74, 6) is 8.50. The topological polar surface area (TPSA) is 38.0 Å². The van der Waals surface area contributed by atoms with Gasteiger partial charge in [0, 0.05) is 0 Å². The van der Waals surface area contributed by atoms with E-state index in [4.69, 9.17) is 5.84 Å². The molecule has 2 aliphatic rings. The normalized spacial score (nSPS) is 20.2. The first kappa shape index (κ1) is 18.8. The largest absolute Gasteiger partial charge is 0.324 e. The zero-order chi connectivity index (χ0) is 17.6. The third-order valence-corrected chi connectivity index (χ3v) is 6.92. The van der Waals surface area contributed by atoms with Crippen LogP contribution in [0.2, 0.25) is 0 Å². The molecular formula is C23H38N2. The predicted molar refractivity (Wildman–Crippen MR) is 109 cm³/mol. The van der Waals surface area contributed by atoms with Crippen LogP contribution in [0.3, 0.4) is 0 Å². The second-order valence-electron chi connectivity index (χ2n) is 8.39. The number of rotatable bonds is 6. The van der Waals surface area contributed by atoms with Gasteiger partial charge in [-0.25, -0.2) is 0 Å². The standard InChI is InChI=1S/C23H38N2/c1-3-17-15-18(4-2)23(25-24)21(16-17)22(19-11-7-5-8-12-19)20-13-9-6-10-14-20/h15-16,19-20,22,25H,3-14,24H2,1-2H3. The van der Waals surface area contributed by atoms with Crippen LogP contribution in [0.25, 0.3) is 0 Å². The Hall–Kier alpha value is -1.02. The Balaban J connectivity index is 2.04. The fraction of sp³-hybridized carbons (Fsp3) is 0.739. The summed E-state index contributed by atoms with van der Waals surface area (Å²) in [6.07, 6.45) is 16.4. The summed E-state index contributed by atoms with van der Waals surface area (Å²) in [5.41, 5.74) is 8.83. The number of benzene rings is 1. The van der Waals surface area contributed by atoms with Gasteiger partial charge in [0.05, 0.1) is 5.69 Å². The average Bonchev–Trinajstić information content (AvgIpc) is 2.69. The van der Waals surface area contributed by atoms with E-state index >= 15 is 0 Å². The zero-order valence-corrected chi connectivity index (χ0v) is 16.4. The summed E-state index contributed by atoms with van der Waals surface area (Å²) < 4.78 is 0. The lowest BCUT2D eigenvalue weighted by Gasteiger charge is -2.39. The van der Waals surface area contributed by atoms with Gasteiger partial charge in [0.1, 0.15) is 0 Å². The third-order valence-electron chi connectivity index (χ3n) is 6.92. The summed E-state index contributed by atoms with van der Waals surface area (Å²) in [5, 5.41) is 0. The Kier molecular flexibility index (Phi) is 6.81. The molecule has 0 spiro atoms. The van der Waals surface area contributed by atoms with E-state index < -0.39 is 0 Å². The number of hydrogen-bond donors (Lipinski definition) is 2. The van der Waals surface area contributed by atoms with Crippen molar-refractivity contribution in [3.63, 3.8) is 0 Å². The first-order chi connectivity index (χ1) is 12.3. The first-order valence-corrected chi connectivity index (χ1v) is 10.9. The molecule has 0 aliphatic heterocycles. The van der Waals surface area contributed by atoms with Crippen LogP contribution in [0, 0.1) is 11.8 Å². The van der Waals surface area contributed by atoms with E-state index in [1.54, 1.807) is 5.56 Å². The van der Waals surface area contributed by atoms with Crippen molar-refractivity contribution < 1.29 is 0 Å². The molecule has 0 radical (unpaired) electrons. The van der Waals surface area contributed by atoms with Crippen molar-refractivity contribution in [2.24, 2.45) is 17.7 Å². The molecule has 1 aromatic carbocycles. The van der Waals surface area contributed by atoms with Gasteiger partial charge in [-0.3, -0.25) is 5.84 Å². The Bertz CT molecular complexity index is 521. The second kappa shape index (κ2) is 9.07. The highest BCUT2D eigenvalue weighted by molar-refractivity contribution is 5.60. The van der Waals surface area contributed by atoms with Crippen molar-refractivity contribution >= 4 is 5.69 Å². The third kappa shape index (κ3) is 4.22. The smallest absolute Gasteiger partial charge is 0.0552 e. The van der Waals surface area contributed by atoms with E-state index in [1.807, 2.05) is 0 Å². The molecule has 1 aromatic rings. The van der Waals surface area contributed by atoms with Crippen LogP contribution in [-0.2, 0) is 12.8 Å². The number of nitrogen functional groups attached to an aromatic ring is 1. The molecule has 2 aliphatic carbocycles. The van der Waals surface area contributed by atoms with E-state index in [2.05, 4.69) is 31.4 Å². The molecule has 2 saturated carbocycles. The van der Waals surface area contributed by atoms with Gasteiger partial charge in [0.15, 0.2) is 0 Å². The molecule has 2 nitrogen and oxygen atoms in total. The summed E-state index contributed by atoms with van der Waals surface area (Å²) in [7, 11) is 0. The lowest BCUT2D eigenvalue weighted by atomic mass is 9.66. The van der Waals surface area contributed by atoms with Crippen LogP contribution in [0.1, 0.15) is 101 Å². The van der Waals surface area contributed by atoms with Gasteiger partial charge in [-0.15, -0.1) is 0 Å². The highest BCUT2D eigenvalue weighted by Crippen LogP contribution is 2.48. The van der Waals surface area contributed by atoms with Gasteiger partial charge >= 0.3 is 0 Å². The summed E-state index contributed by atoms with van der Waals surface area (Å²) in [4.78, 5) is 0. The maximum Gasteiger partial charge on any atom is 0.0552 e. The quantitative estimate of drug-likeness (QED) is 0.467. The van der Waals surface area contributed by atoms with Gasteiger partial charge in [0.25, 0.3) is 0 Å². The fourth-order valence-electron chi connectivity index (χ4n) is 5.60. The Morgan fingerprint density at radius 2 is 1.44 bits per heavy atom. The first-order valence-electron chi connectivity index (χ1n) is 10.9. The van der Waals surface area contributed by atoms with Gasteiger partial charge in [0.2, 0.25) is 0 Å². The molecule has 0 bridgehead atoms. The molecule has 0 atom stereocenters. The zero-order valence-electron chi connectivity index (χ0n) is 16.4. The molecule has 3 rings (SSSR count). The number of hydrazine groups is 1. The van der Waals surface area contributed by atoms with Gasteiger partial charge in [-0.05, 0) is 73.0 Å². The average molecular weight is 343 g/mol. The Labute approximate surface area is 154 Å². The molecule has 140 valence electrons. The van der Waals surface area contributed by atoms with Crippen LogP contribution < -0.4 is 11.3 Å². The monoisotopic (exact) mass is 342 g/mol. The highest BCUT2D eigenvalue weighted by atomic mass is 15.2. The van der Waals surface area contributed by atoms with Crippen LogP contribution in [-0.4, -0.2) is 0 Å². The molecule has 3 N–H and O–H groups in total. The maximum atomic E-state index is 6.07. The molecule has 2 heteroatoms. The summed E-state index contributed by atoms with van der Waals surface area (Å²) >= 11 is 0. The van der Waals surface area contributed by atoms with Crippen LogP contribution >= 0.6 is 0 Å². The summed E-state index contributed by atoms with van der Waals surface area (Å²) in [6.45, 7) is 4.54. The Morgan fingerprint density at radius 3 is 1.88 bits per heavy atom. The fourth-order valence-corrected chi connectivity index (χ4v) is 5.60. The van der Waals surface area contributed by atoms with Crippen LogP contribution in [0.15, 0.2) is 12.1 Å². The SMILES string of the molecule is CCc1cc(CC)c(NN)c(C(C2CCCCC2)C2CCCCC2)c1.